The molecule has 3 aromatic heterocycles. The Hall–Kier alpha value is -1.75. The van der Waals surface area contributed by atoms with Gasteiger partial charge in [-0.15, -0.1) is 45.5 Å². The number of hydrogen-bond acceptors (Lipinski definition) is 5. The van der Waals surface area contributed by atoms with Crippen molar-refractivity contribution in [2.75, 3.05) is 20.1 Å². The molecule has 0 atom stereocenters. The Kier molecular flexibility index (Phi) is 8.42. The molecule has 0 aliphatic rings. The standard InChI is InChI=1S/C18H25N7S.HI/c1-13-14(2)26-17(22-13)9-11-21-18(19-3)20-10-6-8-16-24-23-15-7-4-5-12-25(15)16;/h4-5,7,12H,6,8-11H2,1-3H3,(H2,19,20,21);1H. The van der Waals surface area contributed by atoms with Crippen molar-refractivity contribution in [3.63, 3.8) is 0 Å². The number of pyridine rings is 1. The van der Waals surface area contributed by atoms with Crippen molar-refractivity contribution in [3.8, 4) is 0 Å². The van der Waals surface area contributed by atoms with E-state index in [0.29, 0.717) is 0 Å². The number of thiazole rings is 1. The SMILES string of the molecule is CN=C(NCCCc1nnc2ccccn12)NCCc1nc(C)c(C)s1.I. The predicted octanol–water partition coefficient (Wildman–Crippen LogP) is 2.76. The van der Waals surface area contributed by atoms with Crippen LogP contribution in [0.25, 0.3) is 5.65 Å². The van der Waals surface area contributed by atoms with Crippen LogP contribution in [0.3, 0.4) is 0 Å². The average molecular weight is 499 g/mol. The summed E-state index contributed by atoms with van der Waals surface area (Å²) in [6, 6.07) is 5.93. The molecule has 0 aliphatic carbocycles. The zero-order valence-electron chi connectivity index (χ0n) is 15.9. The summed E-state index contributed by atoms with van der Waals surface area (Å²) < 4.78 is 2.03. The molecule has 0 saturated heterocycles. The van der Waals surface area contributed by atoms with Gasteiger partial charge in [-0.2, -0.15) is 0 Å². The van der Waals surface area contributed by atoms with Crippen LogP contribution in [0.1, 0.15) is 27.8 Å². The molecule has 2 N–H and O–H groups in total. The van der Waals surface area contributed by atoms with E-state index in [9.17, 15) is 0 Å². The molecule has 0 spiro atoms. The molecule has 3 heterocycles. The summed E-state index contributed by atoms with van der Waals surface area (Å²) in [7, 11) is 1.79. The van der Waals surface area contributed by atoms with Gasteiger partial charge in [-0.1, -0.05) is 6.07 Å². The van der Waals surface area contributed by atoms with E-state index in [1.165, 1.54) is 9.88 Å². The van der Waals surface area contributed by atoms with Crippen molar-refractivity contribution in [3.05, 3.63) is 45.8 Å². The molecule has 0 fully saturated rings. The summed E-state index contributed by atoms with van der Waals surface area (Å²) in [6.07, 6.45) is 4.74. The van der Waals surface area contributed by atoms with Gasteiger partial charge in [0.2, 0.25) is 0 Å². The molecule has 0 unspecified atom stereocenters. The number of guanidine groups is 1. The van der Waals surface area contributed by atoms with Gasteiger partial charge in [-0.3, -0.25) is 9.39 Å². The fraction of sp³-hybridized carbons (Fsp3) is 0.444. The second-order valence-corrected chi connectivity index (χ2v) is 7.36. The topological polar surface area (TPSA) is 79.5 Å². The number of aromatic nitrogens is 4. The minimum absolute atomic E-state index is 0. The molecule has 0 radical (unpaired) electrons. The zero-order valence-corrected chi connectivity index (χ0v) is 19.0. The number of aliphatic imine (C=N–C) groups is 1. The summed E-state index contributed by atoms with van der Waals surface area (Å²) in [4.78, 5) is 10.1. The molecule has 0 amide bonds. The van der Waals surface area contributed by atoms with E-state index in [1.54, 1.807) is 18.4 Å². The second kappa shape index (κ2) is 10.5. The Bertz CT molecular complexity index is 867. The highest BCUT2D eigenvalue weighted by Crippen LogP contribution is 2.16. The molecule has 27 heavy (non-hydrogen) atoms. The lowest BCUT2D eigenvalue weighted by Gasteiger charge is -2.11. The van der Waals surface area contributed by atoms with Gasteiger partial charge in [0.15, 0.2) is 11.6 Å². The molecular weight excluding hydrogens is 473 g/mol. The van der Waals surface area contributed by atoms with Crippen molar-refractivity contribution in [1.29, 1.82) is 0 Å². The highest BCUT2D eigenvalue weighted by Gasteiger charge is 2.06. The van der Waals surface area contributed by atoms with E-state index in [4.69, 9.17) is 0 Å². The number of nitrogens with one attached hydrogen (secondary N) is 2. The van der Waals surface area contributed by atoms with Gasteiger partial charge in [0, 0.05) is 44.1 Å². The van der Waals surface area contributed by atoms with Crippen LogP contribution in [0.5, 0.6) is 0 Å². The molecule has 0 saturated carbocycles. The van der Waals surface area contributed by atoms with Crippen LogP contribution in [0.2, 0.25) is 0 Å². The van der Waals surface area contributed by atoms with Crippen molar-refractivity contribution >= 4 is 46.9 Å². The smallest absolute Gasteiger partial charge is 0.190 e. The number of hydrogen-bond donors (Lipinski definition) is 2. The monoisotopic (exact) mass is 499 g/mol. The van der Waals surface area contributed by atoms with Crippen molar-refractivity contribution in [1.82, 2.24) is 30.2 Å². The zero-order chi connectivity index (χ0) is 18.4. The Labute approximate surface area is 180 Å². The minimum Gasteiger partial charge on any atom is -0.356 e. The molecule has 7 nitrogen and oxygen atoms in total. The van der Waals surface area contributed by atoms with Gasteiger partial charge in [-0.25, -0.2) is 4.98 Å². The van der Waals surface area contributed by atoms with E-state index in [0.717, 1.165) is 55.5 Å². The molecule has 146 valence electrons. The average Bonchev–Trinajstić information content (AvgIpc) is 3.20. The lowest BCUT2D eigenvalue weighted by atomic mass is 10.3. The molecule has 9 heteroatoms. The van der Waals surface area contributed by atoms with Gasteiger partial charge in [0.25, 0.3) is 0 Å². The predicted molar refractivity (Wildman–Crippen MR) is 121 cm³/mol. The van der Waals surface area contributed by atoms with Gasteiger partial charge < -0.3 is 10.6 Å². The molecule has 0 aliphatic heterocycles. The molecule has 0 bridgehead atoms. The molecule has 0 aromatic carbocycles. The highest BCUT2D eigenvalue weighted by molar-refractivity contribution is 14.0. The number of rotatable bonds is 7. The summed E-state index contributed by atoms with van der Waals surface area (Å²) in [5.41, 5.74) is 2.02. The first-order chi connectivity index (χ1) is 12.7. The number of halogens is 1. The molecule has 3 rings (SSSR count). The van der Waals surface area contributed by atoms with Crippen LogP contribution < -0.4 is 10.6 Å². The summed E-state index contributed by atoms with van der Waals surface area (Å²) >= 11 is 1.77. The van der Waals surface area contributed by atoms with E-state index in [1.807, 2.05) is 28.8 Å². The van der Waals surface area contributed by atoms with Crippen LogP contribution >= 0.6 is 35.3 Å². The van der Waals surface area contributed by atoms with E-state index >= 15 is 0 Å². The van der Waals surface area contributed by atoms with Crippen LogP contribution in [0, 0.1) is 13.8 Å². The van der Waals surface area contributed by atoms with Crippen LogP contribution in [-0.2, 0) is 12.8 Å². The van der Waals surface area contributed by atoms with Gasteiger partial charge in [0.1, 0.15) is 5.82 Å². The summed E-state index contributed by atoms with van der Waals surface area (Å²) in [5.74, 6) is 1.81. The van der Waals surface area contributed by atoms with Gasteiger partial charge >= 0.3 is 0 Å². The first-order valence-electron chi connectivity index (χ1n) is 8.83. The maximum absolute atomic E-state index is 4.56. The molecule has 3 aromatic rings. The van der Waals surface area contributed by atoms with Gasteiger partial charge in [0.05, 0.1) is 10.7 Å². The summed E-state index contributed by atoms with van der Waals surface area (Å²) in [6.45, 7) is 5.82. The van der Waals surface area contributed by atoms with Crippen LogP contribution in [0.15, 0.2) is 29.4 Å². The third-order valence-electron chi connectivity index (χ3n) is 4.18. The maximum atomic E-state index is 4.56. The van der Waals surface area contributed by atoms with Crippen LogP contribution in [0.4, 0.5) is 0 Å². The first-order valence-corrected chi connectivity index (χ1v) is 9.65. The quantitative estimate of drug-likeness (QED) is 0.226. The Morgan fingerprint density at radius 2 is 1.96 bits per heavy atom. The summed E-state index contributed by atoms with van der Waals surface area (Å²) in [5, 5.41) is 16.3. The Balaban J connectivity index is 0.00000261. The number of fused-ring (bicyclic) bond motifs is 1. The van der Waals surface area contributed by atoms with Crippen molar-refractivity contribution < 1.29 is 0 Å². The highest BCUT2D eigenvalue weighted by atomic mass is 127. The third kappa shape index (κ3) is 5.86. The largest absolute Gasteiger partial charge is 0.356 e. The number of nitrogens with zero attached hydrogens (tertiary/aromatic N) is 5. The third-order valence-corrected chi connectivity index (χ3v) is 5.31. The van der Waals surface area contributed by atoms with Crippen molar-refractivity contribution in [2.24, 2.45) is 4.99 Å². The van der Waals surface area contributed by atoms with E-state index in [2.05, 4.69) is 44.7 Å². The Morgan fingerprint density at radius 1 is 1.15 bits per heavy atom. The normalized spacial score (nSPS) is 11.4. The molecular formula is C18H26IN7S. The van der Waals surface area contributed by atoms with E-state index in [-0.39, 0.29) is 24.0 Å². The first kappa shape index (κ1) is 21.5. The number of aryl methyl sites for hydroxylation is 3. The fourth-order valence-corrected chi connectivity index (χ4v) is 3.60. The van der Waals surface area contributed by atoms with E-state index < -0.39 is 0 Å². The van der Waals surface area contributed by atoms with Gasteiger partial charge in [-0.05, 0) is 32.4 Å². The fourth-order valence-electron chi connectivity index (χ4n) is 2.67. The minimum atomic E-state index is 0. The second-order valence-electron chi connectivity index (χ2n) is 6.07. The maximum Gasteiger partial charge on any atom is 0.190 e. The van der Waals surface area contributed by atoms with Crippen LogP contribution in [-0.4, -0.2) is 45.7 Å². The van der Waals surface area contributed by atoms with Crippen molar-refractivity contribution in [2.45, 2.75) is 33.1 Å². The lowest BCUT2D eigenvalue weighted by Crippen LogP contribution is -2.38. The lowest BCUT2D eigenvalue weighted by molar-refractivity contribution is 0.712. The Morgan fingerprint density at radius 3 is 2.70 bits per heavy atom.